The Bertz CT molecular complexity index is 788. The van der Waals surface area contributed by atoms with Crippen LogP contribution in [-0.4, -0.2) is 22.0 Å². The fraction of sp³-hybridized carbons (Fsp3) is 0.0714. The van der Waals surface area contributed by atoms with Gasteiger partial charge in [-0.2, -0.15) is 0 Å². The van der Waals surface area contributed by atoms with Gasteiger partial charge in [-0.1, -0.05) is 28.1 Å². The Balaban J connectivity index is 2.19. The van der Waals surface area contributed by atoms with Crippen LogP contribution in [0.15, 0.2) is 41.0 Å². The molecule has 0 saturated carbocycles. The Hall–Kier alpha value is -2.21. The Morgan fingerprint density at radius 3 is 2.80 bits per heavy atom. The van der Waals surface area contributed by atoms with Gasteiger partial charge in [0.25, 0.3) is 0 Å². The lowest BCUT2D eigenvalue weighted by Gasteiger charge is -2.07. The first-order valence-electron chi connectivity index (χ1n) is 6.04. The molecular formula is C14H12BrN5. The first kappa shape index (κ1) is 12.8. The summed E-state index contributed by atoms with van der Waals surface area (Å²) in [7, 11) is 1.81. The standard InChI is InChI=1S/C14H12BrN5/c1-17-12-6-10-11(7-18-12)19-14(20-13(10)16)8-3-2-4-9(15)5-8/h2-7H,1H3,(H,17,18)(H2,16,19,20). The fourth-order valence-corrected chi connectivity index (χ4v) is 2.35. The SMILES string of the molecule is CNc1cc2c(N)nc(-c3cccc(Br)c3)nc2cn1. The molecule has 2 aromatic heterocycles. The Morgan fingerprint density at radius 2 is 2.05 bits per heavy atom. The van der Waals surface area contributed by atoms with Gasteiger partial charge in [0.15, 0.2) is 5.82 Å². The molecule has 0 radical (unpaired) electrons. The van der Waals surface area contributed by atoms with Crippen LogP contribution in [0.1, 0.15) is 0 Å². The van der Waals surface area contributed by atoms with Crippen molar-refractivity contribution in [1.29, 1.82) is 0 Å². The second-order valence-electron chi connectivity index (χ2n) is 4.28. The molecule has 5 nitrogen and oxygen atoms in total. The summed E-state index contributed by atoms with van der Waals surface area (Å²) in [6.07, 6.45) is 1.70. The highest BCUT2D eigenvalue weighted by atomic mass is 79.9. The van der Waals surface area contributed by atoms with Gasteiger partial charge in [-0.15, -0.1) is 0 Å². The highest BCUT2D eigenvalue weighted by Gasteiger charge is 2.08. The molecule has 0 aliphatic heterocycles. The van der Waals surface area contributed by atoms with Crippen molar-refractivity contribution >= 4 is 38.5 Å². The zero-order valence-electron chi connectivity index (χ0n) is 10.8. The van der Waals surface area contributed by atoms with Gasteiger partial charge < -0.3 is 11.1 Å². The van der Waals surface area contributed by atoms with Crippen LogP contribution in [0.5, 0.6) is 0 Å². The second-order valence-corrected chi connectivity index (χ2v) is 5.20. The molecule has 3 aromatic rings. The van der Waals surface area contributed by atoms with Gasteiger partial charge >= 0.3 is 0 Å². The second kappa shape index (κ2) is 5.05. The number of pyridine rings is 1. The van der Waals surface area contributed by atoms with Gasteiger partial charge in [-0.3, -0.25) is 0 Å². The van der Waals surface area contributed by atoms with Gasteiger partial charge in [-0.25, -0.2) is 15.0 Å². The zero-order chi connectivity index (χ0) is 14.1. The molecule has 0 bridgehead atoms. The van der Waals surface area contributed by atoms with Gasteiger partial charge in [0.2, 0.25) is 0 Å². The minimum atomic E-state index is 0.448. The van der Waals surface area contributed by atoms with Crippen LogP contribution in [-0.2, 0) is 0 Å². The third kappa shape index (κ3) is 2.30. The minimum absolute atomic E-state index is 0.448. The molecule has 0 saturated heterocycles. The predicted molar refractivity (Wildman–Crippen MR) is 84.4 cm³/mol. The maximum absolute atomic E-state index is 6.04. The Morgan fingerprint density at radius 1 is 1.20 bits per heavy atom. The maximum atomic E-state index is 6.04. The van der Waals surface area contributed by atoms with E-state index in [-0.39, 0.29) is 0 Å². The molecule has 6 heteroatoms. The van der Waals surface area contributed by atoms with Crippen molar-refractivity contribution in [1.82, 2.24) is 15.0 Å². The van der Waals surface area contributed by atoms with E-state index in [2.05, 4.69) is 36.2 Å². The third-order valence-electron chi connectivity index (χ3n) is 2.95. The summed E-state index contributed by atoms with van der Waals surface area (Å²) < 4.78 is 0.973. The van der Waals surface area contributed by atoms with Crippen LogP contribution in [0, 0.1) is 0 Å². The van der Waals surface area contributed by atoms with Crippen LogP contribution >= 0.6 is 15.9 Å². The van der Waals surface area contributed by atoms with Gasteiger partial charge in [0.05, 0.1) is 11.7 Å². The van der Waals surface area contributed by atoms with Crippen molar-refractivity contribution in [2.24, 2.45) is 0 Å². The average Bonchev–Trinajstić information content (AvgIpc) is 2.47. The molecule has 0 aliphatic carbocycles. The van der Waals surface area contributed by atoms with E-state index in [1.165, 1.54) is 0 Å². The number of benzene rings is 1. The minimum Gasteiger partial charge on any atom is -0.383 e. The highest BCUT2D eigenvalue weighted by molar-refractivity contribution is 9.10. The molecule has 1 aromatic carbocycles. The maximum Gasteiger partial charge on any atom is 0.162 e. The summed E-state index contributed by atoms with van der Waals surface area (Å²) in [4.78, 5) is 13.2. The molecule has 3 rings (SSSR count). The van der Waals surface area contributed by atoms with Crippen LogP contribution in [0.3, 0.4) is 0 Å². The summed E-state index contributed by atoms with van der Waals surface area (Å²) in [5, 5.41) is 3.77. The molecular weight excluding hydrogens is 318 g/mol. The smallest absolute Gasteiger partial charge is 0.162 e. The number of hydrogen-bond acceptors (Lipinski definition) is 5. The van der Waals surface area contributed by atoms with Crippen molar-refractivity contribution < 1.29 is 0 Å². The topological polar surface area (TPSA) is 76.7 Å². The number of fused-ring (bicyclic) bond motifs is 1. The van der Waals surface area contributed by atoms with E-state index in [0.29, 0.717) is 11.6 Å². The molecule has 3 N–H and O–H groups in total. The monoisotopic (exact) mass is 329 g/mol. The summed E-state index contributed by atoms with van der Waals surface area (Å²) in [6, 6.07) is 9.63. The number of nitrogens with two attached hydrogens (primary N) is 1. The Kier molecular flexibility index (Phi) is 3.23. The highest BCUT2D eigenvalue weighted by Crippen LogP contribution is 2.25. The fourth-order valence-electron chi connectivity index (χ4n) is 1.95. The van der Waals surface area contributed by atoms with Crippen LogP contribution < -0.4 is 11.1 Å². The van der Waals surface area contributed by atoms with E-state index in [9.17, 15) is 0 Å². The van der Waals surface area contributed by atoms with Crippen molar-refractivity contribution in [2.45, 2.75) is 0 Å². The van der Waals surface area contributed by atoms with E-state index >= 15 is 0 Å². The van der Waals surface area contributed by atoms with E-state index in [0.717, 1.165) is 26.8 Å². The first-order chi connectivity index (χ1) is 9.67. The number of nitrogens with zero attached hydrogens (tertiary/aromatic N) is 3. The molecule has 20 heavy (non-hydrogen) atoms. The lowest BCUT2D eigenvalue weighted by molar-refractivity contribution is 1.21. The zero-order valence-corrected chi connectivity index (χ0v) is 12.3. The molecule has 0 atom stereocenters. The lowest BCUT2D eigenvalue weighted by atomic mass is 10.2. The number of rotatable bonds is 2. The van der Waals surface area contributed by atoms with Crippen LogP contribution in [0.2, 0.25) is 0 Å². The number of aromatic nitrogens is 3. The van der Waals surface area contributed by atoms with E-state index < -0.39 is 0 Å². The molecule has 0 unspecified atom stereocenters. The van der Waals surface area contributed by atoms with Gasteiger partial charge in [-0.05, 0) is 18.2 Å². The summed E-state index contributed by atoms with van der Waals surface area (Å²) in [5.74, 6) is 1.78. The van der Waals surface area contributed by atoms with Crippen molar-refractivity contribution in [2.75, 3.05) is 18.1 Å². The van der Waals surface area contributed by atoms with Crippen LogP contribution in [0.25, 0.3) is 22.3 Å². The number of nitrogen functional groups attached to an aromatic ring is 1. The van der Waals surface area contributed by atoms with Gasteiger partial charge in [0, 0.05) is 22.5 Å². The summed E-state index contributed by atoms with van der Waals surface area (Å²) >= 11 is 3.44. The molecule has 0 amide bonds. The number of anilines is 2. The molecule has 0 spiro atoms. The van der Waals surface area contributed by atoms with Gasteiger partial charge in [0.1, 0.15) is 11.6 Å². The first-order valence-corrected chi connectivity index (χ1v) is 6.83. The summed E-state index contributed by atoms with van der Waals surface area (Å²) in [6.45, 7) is 0. The average molecular weight is 330 g/mol. The Labute approximate surface area is 124 Å². The third-order valence-corrected chi connectivity index (χ3v) is 3.44. The molecule has 2 heterocycles. The normalized spacial score (nSPS) is 10.7. The van der Waals surface area contributed by atoms with Crippen molar-refractivity contribution in [3.8, 4) is 11.4 Å². The van der Waals surface area contributed by atoms with Crippen molar-refractivity contribution in [3.05, 3.63) is 41.0 Å². The van der Waals surface area contributed by atoms with E-state index in [1.54, 1.807) is 13.2 Å². The van der Waals surface area contributed by atoms with E-state index in [1.807, 2.05) is 30.3 Å². The number of hydrogen-bond donors (Lipinski definition) is 2. The molecule has 100 valence electrons. The number of halogens is 1. The molecule has 0 aliphatic rings. The lowest BCUT2D eigenvalue weighted by Crippen LogP contribution is -2.00. The number of nitrogens with one attached hydrogen (secondary N) is 1. The molecule has 0 fully saturated rings. The quantitative estimate of drug-likeness (QED) is 0.755. The largest absolute Gasteiger partial charge is 0.383 e. The summed E-state index contributed by atoms with van der Waals surface area (Å²) in [5.41, 5.74) is 7.67. The predicted octanol–water partition coefficient (Wildman–Crippen LogP) is 3.08. The van der Waals surface area contributed by atoms with Crippen LogP contribution in [0.4, 0.5) is 11.6 Å². The van der Waals surface area contributed by atoms with Crippen molar-refractivity contribution in [3.63, 3.8) is 0 Å². The van der Waals surface area contributed by atoms with E-state index in [4.69, 9.17) is 5.73 Å².